The minimum Gasteiger partial charge on any atom is -0.389 e. The van der Waals surface area contributed by atoms with Crippen LogP contribution in [0.1, 0.15) is 104 Å². The largest absolute Gasteiger partial charge is 0.389 e. The van der Waals surface area contributed by atoms with Crippen LogP contribution in [-0.4, -0.2) is 18.3 Å². The predicted octanol–water partition coefficient (Wildman–Crippen LogP) is 7.79. The van der Waals surface area contributed by atoms with Crippen molar-refractivity contribution in [1.82, 2.24) is 10.6 Å². The molecule has 1 rings (SSSR count). The predicted molar refractivity (Wildman–Crippen MR) is 137 cm³/mol. The van der Waals surface area contributed by atoms with E-state index in [-0.39, 0.29) is 0 Å². The second-order valence-electron chi connectivity index (χ2n) is 8.57. The van der Waals surface area contributed by atoms with Gasteiger partial charge in [0.25, 0.3) is 0 Å². The van der Waals surface area contributed by atoms with Gasteiger partial charge in [-0.3, -0.25) is 0 Å². The number of thiol groups is 1. The van der Waals surface area contributed by atoms with E-state index >= 15 is 0 Å². The molecule has 0 aromatic rings. The van der Waals surface area contributed by atoms with Gasteiger partial charge in [-0.1, -0.05) is 64.7 Å². The second kappa shape index (κ2) is 20.4. The Morgan fingerprint density at radius 2 is 1.31 bits per heavy atom. The number of rotatable bonds is 16. The topological polar surface area (TPSA) is 24.1 Å². The maximum absolute atomic E-state index is 4.58. The molecule has 0 spiro atoms. The van der Waals surface area contributed by atoms with Crippen molar-refractivity contribution in [1.29, 1.82) is 0 Å². The molecule has 0 unspecified atom stereocenters. The summed E-state index contributed by atoms with van der Waals surface area (Å²) in [5, 5.41) is 7.62. The zero-order valence-corrected chi connectivity index (χ0v) is 20.5. The van der Waals surface area contributed by atoms with Gasteiger partial charge in [0.05, 0.1) is 0 Å². The molecule has 1 fully saturated rings. The standard InChI is InChI=1S/C23H44N2S.C3H6/c1-4-12-20(2)24-17-10-8-6-5-7-9-11-18-25-21(3)19-22-13-15-23(26)16-14-22;1-3-2/h22-26H,2-19H2,1H3;3H,1H2,2H3. The molecule has 2 nitrogen and oxygen atoms in total. The van der Waals surface area contributed by atoms with Crippen LogP contribution in [0.5, 0.6) is 0 Å². The highest BCUT2D eigenvalue weighted by molar-refractivity contribution is 7.80. The average molecular weight is 423 g/mol. The number of nitrogens with one attached hydrogen (secondary N) is 2. The first-order valence-electron chi connectivity index (χ1n) is 12.1. The van der Waals surface area contributed by atoms with Gasteiger partial charge in [0, 0.05) is 29.7 Å². The lowest BCUT2D eigenvalue weighted by Crippen LogP contribution is -2.20. The van der Waals surface area contributed by atoms with Crippen LogP contribution in [-0.2, 0) is 0 Å². The van der Waals surface area contributed by atoms with Crippen LogP contribution < -0.4 is 10.6 Å². The van der Waals surface area contributed by atoms with Gasteiger partial charge in [-0.25, -0.2) is 0 Å². The van der Waals surface area contributed by atoms with E-state index in [4.69, 9.17) is 0 Å². The van der Waals surface area contributed by atoms with Crippen LogP contribution >= 0.6 is 12.6 Å². The highest BCUT2D eigenvalue weighted by atomic mass is 32.1. The zero-order chi connectivity index (χ0) is 21.7. The second-order valence-corrected chi connectivity index (χ2v) is 9.30. The maximum Gasteiger partial charge on any atom is 0.0143 e. The normalized spacial score (nSPS) is 18.3. The third-order valence-electron chi connectivity index (χ3n) is 5.51. The van der Waals surface area contributed by atoms with Gasteiger partial charge in [-0.2, -0.15) is 12.6 Å². The van der Waals surface area contributed by atoms with E-state index in [1.165, 1.54) is 94.9 Å². The molecule has 0 atom stereocenters. The fraction of sp³-hybridized carbons (Fsp3) is 0.769. The summed E-state index contributed by atoms with van der Waals surface area (Å²) < 4.78 is 0. The smallest absolute Gasteiger partial charge is 0.0143 e. The van der Waals surface area contributed by atoms with E-state index in [1.54, 1.807) is 6.08 Å². The monoisotopic (exact) mass is 422 g/mol. The lowest BCUT2D eigenvalue weighted by molar-refractivity contribution is 0.358. The molecule has 0 bridgehead atoms. The molecule has 1 aliphatic carbocycles. The Labute approximate surface area is 188 Å². The molecule has 0 aromatic carbocycles. The Balaban J connectivity index is 0.00000245. The molecule has 0 aliphatic heterocycles. The van der Waals surface area contributed by atoms with Gasteiger partial charge in [0.1, 0.15) is 0 Å². The van der Waals surface area contributed by atoms with E-state index in [1.807, 2.05) is 6.92 Å². The fourth-order valence-electron chi connectivity index (χ4n) is 3.82. The van der Waals surface area contributed by atoms with Crippen molar-refractivity contribution < 1.29 is 0 Å². The molecule has 29 heavy (non-hydrogen) atoms. The van der Waals surface area contributed by atoms with Crippen LogP contribution in [0.3, 0.4) is 0 Å². The van der Waals surface area contributed by atoms with E-state index < -0.39 is 0 Å². The Kier molecular flexibility index (Phi) is 19.9. The number of hydrogen-bond acceptors (Lipinski definition) is 3. The van der Waals surface area contributed by atoms with Gasteiger partial charge in [0.2, 0.25) is 0 Å². The minimum atomic E-state index is 0.643. The molecular weight excluding hydrogens is 372 g/mol. The first kappa shape index (κ1) is 28.2. The average Bonchev–Trinajstić information content (AvgIpc) is 2.69. The minimum absolute atomic E-state index is 0.643. The van der Waals surface area contributed by atoms with E-state index in [0.717, 1.165) is 25.4 Å². The quantitative estimate of drug-likeness (QED) is 0.134. The molecule has 0 aromatic heterocycles. The zero-order valence-electron chi connectivity index (χ0n) is 19.6. The number of hydrogen-bond donors (Lipinski definition) is 3. The Bertz CT molecular complexity index is 411. The SMILES string of the molecule is C=C(CCC)NCCCCCCCCCNC(=C)CC1CCC(S)CC1.C=CC. The lowest BCUT2D eigenvalue weighted by Gasteiger charge is -2.26. The summed E-state index contributed by atoms with van der Waals surface area (Å²) in [6.07, 6.45) is 19.8. The molecular formula is C26H50N2S. The Morgan fingerprint density at radius 3 is 1.79 bits per heavy atom. The number of allylic oxidation sites excluding steroid dienone is 3. The molecule has 0 amide bonds. The summed E-state index contributed by atoms with van der Waals surface area (Å²) in [5.74, 6) is 0.840. The van der Waals surface area contributed by atoms with Crippen molar-refractivity contribution in [3.8, 4) is 0 Å². The van der Waals surface area contributed by atoms with Gasteiger partial charge >= 0.3 is 0 Å². The van der Waals surface area contributed by atoms with Gasteiger partial charge in [-0.05, 0) is 64.2 Å². The summed E-state index contributed by atoms with van der Waals surface area (Å²) in [6, 6.07) is 0. The summed E-state index contributed by atoms with van der Waals surface area (Å²) in [5.41, 5.74) is 2.46. The first-order chi connectivity index (χ1) is 14.0. The molecule has 0 heterocycles. The van der Waals surface area contributed by atoms with Crippen molar-refractivity contribution in [2.75, 3.05) is 13.1 Å². The maximum atomic E-state index is 4.58. The van der Waals surface area contributed by atoms with Crippen LogP contribution in [0.4, 0.5) is 0 Å². The molecule has 1 aliphatic rings. The Morgan fingerprint density at radius 1 is 0.862 bits per heavy atom. The summed E-state index contributed by atoms with van der Waals surface area (Å²) in [4.78, 5) is 0. The highest BCUT2D eigenvalue weighted by Crippen LogP contribution is 2.30. The van der Waals surface area contributed by atoms with Crippen LogP contribution in [0.25, 0.3) is 0 Å². The molecule has 170 valence electrons. The van der Waals surface area contributed by atoms with Crippen LogP contribution in [0.2, 0.25) is 0 Å². The third-order valence-corrected chi connectivity index (χ3v) is 6.02. The highest BCUT2D eigenvalue weighted by Gasteiger charge is 2.19. The van der Waals surface area contributed by atoms with Crippen LogP contribution in [0.15, 0.2) is 37.2 Å². The summed E-state index contributed by atoms with van der Waals surface area (Å²) in [6.45, 7) is 17.9. The van der Waals surface area contributed by atoms with E-state index in [0.29, 0.717) is 5.25 Å². The van der Waals surface area contributed by atoms with E-state index in [2.05, 4.69) is 49.9 Å². The van der Waals surface area contributed by atoms with Gasteiger partial charge in [-0.15, -0.1) is 6.58 Å². The van der Waals surface area contributed by atoms with E-state index in [9.17, 15) is 0 Å². The molecule has 0 radical (unpaired) electrons. The van der Waals surface area contributed by atoms with Crippen molar-refractivity contribution in [3.63, 3.8) is 0 Å². The van der Waals surface area contributed by atoms with Crippen molar-refractivity contribution in [2.45, 2.75) is 109 Å². The van der Waals surface area contributed by atoms with Crippen LogP contribution in [0, 0.1) is 5.92 Å². The molecule has 2 N–H and O–H groups in total. The van der Waals surface area contributed by atoms with Gasteiger partial charge in [0.15, 0.2) is 0 Å². The number of unbranched alkanes of at least 4 members (excludes halogenated alkanes) is 6. The molecule has 1 saturated carbocycles. The summed E-state index contributed by atoms with van der Waals surface area (Å²) in [7, 11) is 0. The Hall–Kier alpha value is -0.830. The van der Waals surface area contributed by atoms with Crippen molar-refractivity contribution in [2.24, 2.45) is 5.92 Å². The third kappa shape index (κ3) is 18.9. The molecule has 0 saturated heterocycles. The molecule has 3 heteroatoms. The first-order valence-corrected chi connectivity index (χ1v) is 12.6. The fourth-order valence-corrected chi connectivity index (χ4v) is 4.12. The van der Waals surface area contributed by atoms with Crippen molar-refractivity contribution in [3.05, 3.63) is 37.2 Å². The summed E-state index contributed by atoms with van der Waals surface area (Å²) >= 11 is 4.58. The van der Waals surface area contributed by atoms with Gasteiger partial charge < -0.3 is 10.6 Å². The lowest BCUT2D eigenvalue weighted by atomic mass is 9.86. The van der Waals surface area contributed by atoms with Crippen molar-refractivity contribution >= 4 is 12.6 Å².